The molecule has 0 saturated carbocycles. The molecule has 1 aromatic rings. The van der Waals surface area contributed by atoms with E-state index in [0.717, 1.165) is 6.42 Å². The number of aromatic nitrogens is 1. The number of hydrogen-bond donors (Lipinski definition) is 1. The van der Waals surface area contributed by atoms with Crippen LogP contribution in [0.4, 0.5) is 5.69 Å². The molecule has 0 fully saturated rings. The fourth-order valence-corrected chi connectivity index (χ4v) is 2.11. The lowest BCUT2D eigenvalue weighted by molar-refractivity contribution is 0.200. The zero-order valence-corrected chi connectivity index (χ0v) is 8.92. The van der Waals surface area contributed by atoms with E-state index < -0.39 is 10.8 Å². The molecule has 0 amide bonds. The smallest absolute Gasteiger partial charge is 0.150 e. The van der Waals surface area contributed by atoms with Crippen LogP contribution in [0.15, 0.2) is 23.4 Å². The van der Waals surface area contributed by atoms with E-state index in [-0.39, 0.29) is 0 Å². The van der Waals surface area contributed by atoms with Gasteiger partial charge >= 0.3 is 0 Å². The summed E-state index contributed by atoms with van der Waals surface area (Å²) in [6.45, 7) is 0.610. The summed E-state index contributed by atoms with van der Waals surface area (Å²) in [5.74, 6) is 0.537. The average Bonchev–Trinajstić information content (AvgIpc) is 2.18. The van der Waals surface area contributed by atoms with E-state index in [1.807, 2.05) is 0 Å². The van der Waals surface area contributed by atoms with Gasteiger partial charge in [-0.1, -0.05) is 0 Å². The third-order valence-electron chi connectivity index (χ3n) is 1.69. The van der Waals surface area contributed by atoms with Crippen LogP contribution in [0.3, 0.4) is 0 Å². The molecule has 0 aliphatic carbocycles. The highest BCUT2D eigenvalue weighted by atomic mass is 32.2. The number of nitrogens with two attached hydrogens (primary N) is 1. The molecule has 0 radical (unpaired) electrons. The average molecular weight is 214 g/mol. The maximum absolute atomic E-state index is 11.7. The highest BCUT2D eigenvalue weighted by Gasteiger charge is 2.07. The van der Waals surface area contributed by atoms with Gasteiger partial charge in [0.05, 0.1) is 16.5 Å². The van der Waals surface area contributed by atoms with E-state index in [1.54, 1.807) is 25.4 Å². The Bertz CT molecular complexity index is 317. The second-order valence-corrected chi connectivity index (χ2v) is 4.28. The Morgan fingerprint density at radius 3 is 3.07 bits per heavy atom. The molecular formula is C9H14N2O2S. The number of nitrogen functional groups attached to an aromatic ring is 1. The Balaban J connectivity index is 2.56. The third kappa shape index (κ3) is 3.08. The first-order chi connectivity index (χ1) is 6.75. The Kier molecular flexibility index (Phi) is 4.55. The van der Waals surface area contributed by atoms with Crippen molar-refractivity contribution in [3.8, 4) is 0 Å². The van der Waals surface area contributed by atoms with E-state index in [9.17, 15) is 4.21 Å². The number of anilines is 1. The van der Waals surface area contributed by atoms with Crippen molar-refractivity contribution in [3.05, 3.63) is 18.3 Å². The topological polar surface area (TPSA) is 65.2 Å². The number of hydrogen-bond acceptors (Lipinski definition) is 4. The van der Waals surface area contributed by atoms with Gasteiger partial charge in [0.15, 0.2) is 0 Å². The molecule has 0 aromatic carbocycles. The molecule has 0 bridgehead atoms. The number of pyridine rings is 1. The van der Waals surface area contributed by atoms with Crippen molar-refractivity contribution < 1.29 is 8.95 Å². The minimum Gasteiger partial charge on any atom is -0.396 e. The quantitative estimate of drug-likeness (QED) is 0.737. The predicted octanol–water partition coefficient (Wildman–Crippen LogP) is 0.808. The number of nitrogens with zero attached hydrogens (tertiary/aromatic N) is 1. The Morgan fingerprint density at radius 1 is 1.64 bits per heavy atom. The van der Waals surface area contributed by atoms with Gasteiger partial charge in [0.1, 0.15) is 5.03 Å². The van der Waals surface area contributed by atoms with Crippen LogP contribution in [0.25, 0.3) is 0 Å². The summed E-state index contributed by atoms with van der Waals surface area (Å²) in [5, 5.41) is 0.476. The Labute approximate surface area is 85.9 Å². The fraction of sp³-hybridized carbons (Fsp3) is 0.444. The lowest BCUT2D eigenvalue weighted by Gasteiger charge is -2.03. The van der Waals surface area contributed by atoms with Crippen LogP contribution in [-0.4, -0.2) is 28.7 Å². The van der Waals surface area contributed by atoms with E-state index in [0.29, 0.717) is 23.1 Å². The predicted molar refractivity (Wildman–Crippen MR) is 56.4 cm³/mol. The molecule has 1 unspecified atom stereocenters. The molecule has 0 saturated heterocycles. The Hall–Kier alpha value is -0.940. The lowest BCUT2D eigenvalue weighted by Crippen LogP contribution is -2.06. The van der Waals surface area contributed by atoms with Crippen molar-refractivity contribution in [3.63, 3.8) is 0 Å². The van der Waals surface area contributed by atoms with Crippen molar-refractivity contribution in [1.29, 1.82) is 0 Å². The largest absolute Gasteiger partial charge is 0.396 e. The summed E-state index contributed by atoms with van der Waals surface area (Å²) < 4.78 is 16.5. The van der Waals surface area contributed by atoms with Gasteiger partial charge in [0.25, 0.3) is 0 Å². The molecule has 0 aliphatic heterocycles. The molecule has 14 heavy (non-hydrogen) atoms. The summed E-state index contributed by atoms with van der Waals surface area (Å²) in [6.07, 6.45) is 2.35. The standard InChI is InChI=1S/C9H14N2O2S/c1-13-6-3-7-14(12)9-8(10)4-2-5-11-9/h2,4-5H,3,6-7,10H2,1H3. The van der Waals surface area contributed by atoms with Gasteiger partial charge in [-0.2, -0.15) is 0 Å². The normalized spacial score (nSPS) is 12.6. The van der Waals surface area contributed by atoms with Gasteiger partial charge in [-0.3, -0.25) is 4.21 Å². The number of rotatable bonds is 5. The summed E-state index contributed by atoms with van der Waals surface area (Å²) >= 11 is 0. The summed E-state index contributed by atoms with van der Waals surface area (Å²) in [6, 6.07) is 3.43. The van der Waals surface area contributed by atoms with E-state index in [1.165, 1.54) is 0 Å². The van der Waals surface area contributed by atoms with E-state index in [2.05, 4.69) is 4.98 Å². The zero-order valence-electron chi connectivity index (χ0n) is 8.10. The van der Waals surface area contributed by atoms with Gasteiger partial charge in [0.2, 0.25) is 0 Å². The minimum absolute atomic E-state index is 0.476. The summed E-state index contributed by atoms with van der Waals surface area (Å²) in [4.78, 5) is 3.99. The molecule has 1 atom stereocenters. The number of ether oxygens (including phenoxy) is 1. The van der Waals surface area contributed by atoms with Gasteiger partial charge in [-0.15, -0.1) is 0 Å². The number of methoxy groups -OCH3 is 1. The van der Waals surface area contributed by atoms with Crippen LogP contribution in [-0.2, 0) is 15.5 Å². The fourth-order valence-electron chi connectivity index (χ4n) is 1.02. The first-order valence-electron chi connectivity index (χ1n) is 4.33. The van der Waals surface area contributed by atoms with Crippen molar-refractivity contribution in [2.75, 3.05) is 25.2 Å². The molecule has 78 valence electrons. The molecule has 1 rings (SSSR count). The van der Waals surface area contributed by atoms with Crippen LogP contribution in [0.2, 0.25) is 0 Å². The van der Waals surface area contributed by atoms with Crippen molar-refractivity contribution in [1.82, 2.24) is 4.98 Å². The van der Waals surface area contributed by atoms with Crippen molar-refractivity contribution >= 4 is 16.5 Å². The van der Waals surface area contributed by atoms with Gasteiger partial charge in [0, 0.05) is 25.7 Å². The van der Waals surface area contributed by atoms with Gasteiger partial charge in [-0.05, 0) is 18.6 Å². The highest BCUT2D eigenvalue weighted by molar-refractivity contribution is 7.85. The second-order valence-electron chi connectivity index (χ2n) is 2.79. The van der Waals surface area contributed by atoms with Crippen molar-refractivity contribution in [2.24, 2.45) is 0 Å². The molecule has 2 N–H and O–H groups in total. The second kappa shape index (κ2) is 5.72. The SMILES string of the molecule is COCCCS(=O)c1ncccc1N. The Morgan fingerprint density at radius 2 is 2.43 bits per heavy atom. The molecular weight excluding hydrogens is 200 g/mol. The third-order valence-corrected chi connectivity index (χ3v) is 3.13. The first-order valence-corrected chi connectivity index (χ1v) is 5.65. The molecule has 4 nitrogen and oxygen atoms in total. The molecule has 1 heterocycles. The summed E-state index contributed by atoms with van der Waals surface area (Å²) in [7, 11) is 0.510. The van der Waals surface area contributed by atoms with E-state index in [4.69, 9.17) is 10.5 Å². The lowest BCUT2D eigenvalue weighted by atomic mass is 10.4. The monoisotopic (exact) mass is 214 g/mol. The molecule has 0 spiro atoms. The highest BCUT2D eigenvalue weighted by Crippen LogP contribution is 2.12. The van der Waals surface area contributed by atoms with Gasteiger partial charge < -0.3 is 10.5 Å². The van der Waals surface area contributed by atoms with Crippen LogP contribution >= 0.6 is 0 Å². The van der Waals surface area contributed by atoms with Crippen molar-refractivity contribution in [2.45, 2.75) is 11.4 Å². The van der Waals surface area contributed by atoms with Crippen LogP contribution in [0.1, 0.15) is 6.42 Å². The van der Waals surface area contributed by atoms with E-state index >= 15 is 0 Å². The van der Waals surface area contributed by atoms with Gasteiger partial charge in [-0.25, -0.2) is 4.98 Å². The summed E-state index contributed by atoms with van der Waals surface area (Å²) in [5.41, 5.74) is 6.13. The maximum atomic E-state index is 11.7. The maximum Gasteiger partial charge on any atom is 0.150 e. The molecule has 5 heteroatoms. The van der Waals surface area contributed by atoms with Crippen LogP contribution < -0.4 is 5.73 Å². The molecule has 0 aliphatic rings. The van der Waals surface area contributed by atoms with Crippen LogP contribution in [0, 0.1) is 0 Å². The zero-order chi connectivity index (χ0) is 10.4. The molecule has 1 aromatic heterocycles. The van der Waals surface area contributed by atoms with Crippen LogP contribution in [0.5, 0.6) is 0 Å². The first kappa shape index (κ1) is 11.1. The minimum atomic E-state index is -1.11.